The Kier molecular flexibility index (Phi) is 7.97. The maximum absolute atomic E-state index is 13.7. The van der Waals surface area contributed by atoms with E-state index in [1.807, 2.05) is 17.0 Å². The molecule has 3 N–H and O–H groups in total. The van der Waals surface area contributed by atoms with Gasteiger partial charge in [-0.3, -0.25) is 19.0 Å². The largest absolute Gasteiger partial charge is 0.466 e. The second kappa shape index (κ2) is 11.3. The van der Waals surface area contributed by atoms with E-state index < -0.39 is 11.9 Å². The van der Waals surface area contributed by atoms with Gasteiger partial charge >= 0.3 is 5.97 Å². The Labute approximate surface area is 212 Å². The molecule has 3 heterocycles. The van der Waals surface area contributed by atoms with E-state index in [1.165, 1.54) is 0 Å². The first-order valence-corrected chi connectivity index (χ1v) is 12.7. The Morgan fingerprint density at radius 1 is 1.36 bits per heavy atom. The molecule has 1 aliphatic heterocycles. The Hall–Kier alpha value is -3.75. The van der Waals surface area contributed by atoms with Crippen LogP contribution in [0.3, 0.4) is 0 Å². The lowest BCUT2D eigenvalue weighted by Gasteiger charge is -2.33. The third-order valence-corrected chi connectivity index (χ3v) is 6.99. The number of benzene rings is 1. The Morgan fingerprint density at radius 2 is 2.17 bits per heavy atom. The lowest BCUT2D eigenvalue weighted by atomic mass is 10.1. The summed E-state index contributed by atoms with van der Waals surface area (Å²) in [7, 11) is 0. The number of hydrogen-bond acceptors (Lipinski definition) is 9. The molecule has 1 fully saturated rings. The maximum Gasteiger partial charge on any atom is 0.307 e. The molecule has 0 unspecified atom stereocenters. The summed E-state index contributed by atoms with van der Waals surface area (Å²) in [5.74, 6) is -0.379. The zero-order valence-electron chi connectivity index (χ0n) is 20.0. The number of hydrogen-bond donors (Lipinski definition) is 2. The number of thiophene rings is 1. The van der Waals surface area contributed by atoms with E-state index in [-0.39, 0.29) is 43.3 Å². The number of nitrogens with one attached hydrogen (secondary N) is 1. The molecule has 2 aromatic heterocycles. The van der Waals surface area contributed by atoms with Crippen LogP contribution in [-0.2, 0) is 16.1 Å². The van der Waals surface area contributed by atoms with Gasteiger partial charge in [-0.25, -0.2) is 4.98 Å². The highest BCUT2D eigenvalue weighted by Gasteiger charge is 2.25. The smallest absolute Gasteiger partial charge is 0.307 e. The van der Waals surface area contributed by atoms with Gasteiger partial charge in [-0.05, 0) is 31.4 Å². The van der Waals surface area contributed by atoms with Crippen LogP contribution >= 0.6 is 11.3 Å². The molecule has 0 saturated carbocycles. The minimum Gasteiger partial charge on any atom is -0.466 e. The SMILES string of the molecule is CCOC(=O)CCNC(=O)c1csc2c(=O)n(Cc3ccccc3C#N)c(N3CCC[C@@H](N)C3)nc12. The zero-order valence-corrected chi connectivity index (χ0v) is 20.8. The summed E-state index contributed by atoms with van der Waals surface area (Å²) in [5.41, 5.74) is 7.73. The summed E-state index contributed by atoms with van der Waals surface area (Å²) >= 11 is 1.15. The van der Waals surface area contributed by atoms with Crippen molar-refractivity contribution in [2.75, 3.05) is 31.1 Å². The van der Waals surface area contributed by atoms with Crippen LogP contribution in [0.5, 0.6) is 0 Å². The van der Waals surface area contributed by atoms with Crippen LogP contribution in [0.2, 0.25) is 0 Å². The summed E-state index contributed by atoms with van der Waals surface area (Å²) in [6.45, 7) is 3.49. The van der Waals surface area contributed by atoms with Crippen molar-refractivity contribution >= 4 is 39.4 Å². The number of piperidine rings is 1. The third kappa shape index (κ3) is 5.40. The second-order valence-corrected chi connectivity index (χ2v) is 9.44. The summed E-state index contributed by atoms with van der Waals surface area (Å²) in [6.07, 6.45) is 1.79. The first-order chi connectivity index (χ1) is 17.4. The van der Waals surface area contributed by atoms with Gasteiger partial charge in [0.25, 0.3) is 11.5 Å². The monoisotopic (exact) mass is 508 g/mol. The summed E-state index contributed by atoms with van der Waals surface area (Å²) in [4.78, 5) is 45.0. The molecule has 188 valence electrons. The third-order valence-electron chi connectivity index (χ3n) is 6.03. The molecule has 0 aliphatic carbocycles. The molecule has 3 aromatic rings. The molecule has 10 nitrogen and oxygen atoms in total. The quantitative estimate of drug-likeness (QED) is 0.440. The number of anilines is 1. The molecular formula is C25H28N6O4S. The lowest BCUT2D eigenvalue weighted by molar-refractivity contribution is -0.142. The van der Waals surface area contributed by atoms with Crippen molar-refractivity contribution in [2.45, 2.75) is 38.8 Å². The number of nitriles is 1. The number of carbonyl (C=O) groups excluding carboxylic acids is 2. The highest BCUT2D eigenvalue weighted by Crippen LogP contribution is 2.26. The van der Waals surface area contributed by atoms with Crippen LogP contribution in [0.1, 0.15) is 47.7 Å². The molecule has 36 heavy (non-hydrogen) atoms. The van der Waals surface area contributed by atoms with E-state index in [0.717, 1.165) is 24.2 Å². The van der Waals surface area contributed by atoms with E-state index in [4.69, 9.17) is 15.5 Å². The number of esters is 1. The van der Waals surface area contributed by atoms with Crippen LogP contribution in [0.4, 0.5) is 5.95 Å². The number of nitrogens with two attached hydrogens (primary N) is 1. The van der Waals surface area contributed by atoms with Crippen LogP contribution < -0.4 is 21.5 Å². The van der Waals surface area contributed by atoms with Gasteiger partial charge in [-0.15, -0.1) is 11.3 Å². The fourth-order valence-electron chi connectivity index (χ4n) is 4.27. The first-order valence-electron chi connectivity index (χ1n) is 11.9. The van der Waals surface area contributed by atoms with Gasteiger partial charge < -0.3 is 20.7 Å². The number of rotatable bonds is 8. The molecule has 0 spiro atoms. The number of aromatic nitrogens is 2. The van der Waals surface area contributed by atoms with Crippen LogP contribution in [0, 0.1) is 11.3 Å². The predicted octanol–water partition coefficient (Wildman–Crippen LogP) is 1.99. The lowest BCUT2D eigenvalue weighted by Crippen LogP contribution is -2.45. The average molecular weight is 509 g/mol. The Morgan fingerprint density at radius 3 is 2.92 bits per heavy atom. The number of fused-ring (bicyclic) bond motifs is 1. The van der Waals surface area contributed by atoms with Gasteiger partial charge in [-0.2, -0.15) is 5.26 Å². The van der Waals surface area contributed by atoms with Crippen LogP contribution in [0.15, 0.2) is 34.4 Å². The number of nitrogens with zero attached hydrogens (tertiary/aromatic N) is 4. The zero-order chi connectivity index (χ0) is 25.7. The van der Waals surface area contributed by atoms with Crippen LogP contribution in [0.25, 0.3) is 10.2 Å². The van der Waals surface area contributed by atoms with Crippen molar-refractivity contribution < 1.29 is 14.3 Å². The fourth-order valence-corrected chi connectivity index (χ4v) is 5.20. The van der Waals surface area contributed by atoms with E-state index in [9.17, 15) is 19.6 Å². The van der Waals surface area contributed by atoms with Crippen molar-refractivity contribution in [1.82, 2.24) is 14.9 Å². The standard InChI is InChI=1S/C25H28N6O4S/c1-2-35-20(32)9-10-28-23(33)19-15-36-22-21(19)29-25(30-11-5-8-18(27)14-30)31(24(22)34)13-17-7-4-3-6-16(17)12-26/h3-4,6-7,15,18H,2,5,8-11,13-14,27H2,1H3,(H,28,33)/t18-/m1/s1. The summed E-state index contributed by atoms with van der Waals surface area (Å²) < 4.78 is 6.81. The van der Waals surface area contributed by atoms with Gasteiger partial charge in [0.05, 0.1) is 36.8 Å². The topological polar surface area (TPSA) is 143 Å². The van der Waals surface area contributed by atoms with Gasteiger partial charge in [0.1, 0.15) is 10.2 Å². The minimum atomic E-state index is -0.411. The summed E-state index contributed by atoms with van der Waals surface area (Å²) in [5, 5.41) is 13.9. The minimum absolute atomic E-state index is 0.0527. The van der Waals surface area contributed by atoms with Crippen molar-refractivity contribution in [2.24, 2.45) is 5.73 Å². The van der Waals surface area contributed by atoms with Crippen LogP contribution in [-0.4, -0.2) is 53.7 Å². The molecule has 11 heteroatoms. The van der Waals surface area contributed by atoms with E-state index in [2.05, 4.69) is 11.4 Å². The summed E-state index contributed by atoms with van der Waals surface area (Å²) in [6, 6.07) is 9.26. The average Bonchev–Trinajstić information content (AvgIpc) is 3.30. The van der Waals surface area contributed by atoms with Crippen molar-refractivity contribution in [3.05, 3.63) is 56.7 Å². The van der Waals surface area contributed by atoms with E-state index in [0.29, 0.717) is 40.4 Å². The van der Waals surface area contributed by atoms with Gasteiger partial charge in [-0.1, -0.05) is 18.2 Å². The second-order valence-electron chi connectivity index (χ2n) is 8.56. The van der Waals surface area contributed by atoms with E-state index in [1.54, 1.807) is 29.0 Å². The fraction of sp³-hybridized carbons (Fsp3) is 0.400. The molecule has 1 amide bonds. The maximum atomic E-state index is 13.7. The Balaban J connectivity index is 1.73. The molecule has 0 bridgehead atoms. The molecule has 1 aliphatic rings. The Bertz CT molecular complexity index is 1380. The molecule has 4 rings (SSSR count). The number of amides is 1. The van der Waals surface area contributed by atoms with Crippen molar-refractivity contribution in [3.63, 3.8) is 0 Å². The van der Waals surface area contributed by atoms with Gasteiger partial charge in [0.2, 0.25) is 5.95 Å². The first kappa shape index (κ1) is 25.3. The predicted molar refractivity (Wildman–Crippen MR) is 137 cm³/mol. The normalized spacial score (nSPS) is 15.5. The van der Waals surface area contributed by atoms with E-state index >= 15 is 0 Å². The molecule has 1 aromatic carbocycles. The number of ether oxygens (including phenoxy) is 1. The van der Waals surface area contributed by atoms with Gasteiger partial charge in [0, 0.05) is 31.1 Å². The van der Waals surface area contributed by atoms with Gasteiger partial charge in [0.15, 0.2) is 0 Å². The van der Waals surface area contributed by atoms with Crippen molar-refractivity contribution in [3.8, 4) is 6.07 Å². The number of carbonyl (C=O) groups is 2. The van der Waals surface area contributed by atoms with Crippen molar-refractivity contribution in [1.29, 1.82) is 5.26 Å². The highest BCUT2D eigenvalue weighted by molar-refractivity contribution is 7.17. The molecule has 1 saturated heterocycles. The molecule has 1 atom stereocenters. The molecule has 0 radical (unpaired) electrons. The molecular weight excluding hydrogens is 480 g/mol. The highest BCUT2D eigenvalue weighted by atomic mass is 32.1.